The Labute approximate surface area is 149 Å². The first-order valence-corrected chi connectivity index (χ1v) is 8.44. The van der Waals surface area contributed by atoms with Gasteiger partial charge in [0.1, 0.15) is 5.75 Å². The highest BCUT2D eigenvalue weighted by Crippen LogP contribution is 2.27. The van der Waals surface area contributed by atoms with Gasteiger partial charge in [-0.3, -0.25) is 4.79 Å². The van der Waals surface area contributed by atoms with Gasteiger partial charge < -0.3 is 15.2 Å². The number of methoxy groups -OCH3 is 1. The third-order valence-electron chi connectivity index (χ3n) is 4.48. The molecule has 134 valence electrons. The Bertz CT molecular complexity index is 708. The number of carbonyl (C=O) groups is 1. The van der Waals surface area contributed by atoms with Crippen LogP contribution >= 0.6 is 0 Å². The number of rotatable bonds is 7. The molecule has 1 amide bonds. The van der Waals surface area contributed by atoms with Gasteiger partial charge in [0, 0.05) is 12.0 Å². The zero-order valence-electron chi connectivity index (χ0n) is 15.4. The summed E-state index contributed by atoms with van der Waals surface area (Å²) in [6, 6.07) is 17.1. The van der Waals surface area contributed by atoms with Gasteiger partial charge in [0.2, 0.25) is 5.91 Å². The van der Waals surface area contributed by atoms with Crippen molar-refractivity contribution in [1.82, 2.24) is 5.32 Å². The minimum atomic E-state index is -1.19. The molecule has 0 aliphatic rings. The van der Waals surface area contributed by atoms with Crippen molar-refractivity contribution in [3.63, 3.8) is 0 Å². The molecule has 0 aliphatic carbocycles. The Hall–Kier alpha value is -2.33. The summed E-state index contributed by atoms with van der Waals surface area (Å²) in [7, 11) is 1.64. The first kappa shape index (κ1) is 19.0. The van der Waals surface area contributed by atoms with E-state index in [1.54, 1.807) is 14.0 Å². The molecule has 0 saturated carbocycles. The number of amides is 1. The molecule has 0 aliphatic heterocycles. The molecule has 2 rings (SSSR count). The van der Waals surface area contributed by atoms with Gasteiger partial charge in [-0.15, -0.1) is 0 Å². The second kappa shape index (κ2) is 7.70. The van der Waals surface area contributed by atoms with Crippen LogP contribution in [0.5, 0.6) is 5.75 Å². The number of aliphatic hydroxyl groups is 1. The maximum Gasteiger partial charge on any atom is 0.223 e. The van der Waals surface area contributed by atoms with Crippen molar-refractivity contribution in [2.45, 2.75) is 38.2 Å². The molecule has 0 heterocycles. The van der Waals surface area contributed by atoms with Crippen LogP contribution in [0.3, 0.4) is 0 Å². The molecule has 4 heteroatoms. The smallest absolute Gasteiger partial charge is 0.223 e. The molecule has 2 aromatic carbocycles. The molecule has 0 fully saturated rings. The monoisotopic (exact) mass is 341 g/mol. The fraction of sp³-hybridized carbons (Fsp3) is 0.381. The van der Waals surface area contributed by atoms with Crippen LogP contribution < -0.4 is 10.1 Å². The fourth-order valence-electron chi connectivity index (χ4n) is 2.74. The molecule has 0 saturated heterocycles. The van der Waals surface area contributed by atoms with E-state index in [9.17, 15) is 9.90 Å². The van der Waals surface area contributed by atoms with E-state index >= 15 is 0 Å². The average molecular weight is 341 g/mol. The minimum absolute atomic E-state index is 0.0191. The van der Waals surface area contributed by atoms with Gasteiger partial charge in [-0.05, 0) is 30.2 Å². The third-order valence-corrected chi connectivity index (χ3v) is 4.48. The summed E-state index contributed by atoms with van der Waals surface area (Å²) in [6.45, 7) is 6.27. The summed E-state index contributed by atoms with van der Waals surface area (Å²) in [4.78, 5) is 12.3. The van der Waals surface area contributed by atoms with Gasteiger partial charge in [0.15, 0.2) is 0 Å². The predicted octanol–water partition coefficient (Wildman–Crippen LogP) is 3.39. The molecular formula is C21H27NO3. The van der Waals surface area contributed by atoms with Gasteiger partial charge in [-0.2, -0.15) is 0 Å². The first-order chi connectivity index (χ1) is 11.7. The van der Waals surface area contributed by atoms with Crippen LogP contribution in [0.1, 0.15) is 38.3 Å². The topological polar surface area (TPSA) is 58.6 Å². The molecule has 1 atom stereocenters. The lowest BCUT2D eigenvalue weighted by Crippen LogP contribution is -2.39. The Balaban J connectivity index is 1.98. The van der Waals surface area contributed by atoms with E-state index < -0.39 is 5.60 Å². The largest absolute Gasteiger partial charge is 0.497 e. The average Bonchev–Trinajstić information content (AvgIpc) is 2.60. The molecule has 0 aromatic heterocycles. The second-order valence-corrected chi connectivity index (χ2v) is 7.21. The van der Waals surface area contributed by atoms with Crippen molar-refractivity contribution in [3.05, 3.63) is 65.7 Å². The molecular weight excluding hydrogens is 314 g/mol. The fourth-order valence-corrected chi connectivity index (χ4v) is 2.74. The van der Waals surface area contributed by atoms with Crippen LogP contribution in [-0.4, -0.2) is 24.7 Å². The second-order valence-electron chi connectivity index (χ2n) is 7.21. The first-order valence-electron chi connectivity index (χ1n) is 8.44. The molecule has 4 nitrogen and oxygen atoms in total. The van der Waals surface area contributed by atoms with E-state index in [1.807, 2.05) is 54.6 Å². The highest BCUT2D eigenvalue weighted by atomic mass is 16.5. The summed E-state index contributed by atoms with van der Waals surface area (Å²) in [5.74, 6) is 0.619. The number of hydrogen-bond donors (Lipinski definition) is 2. The molecule has 0 spiro atoms. The van der Waals surface area contributed by atoms with Crippen molar-refractivity contribution >= 4 is 5.91 Å². The summed E-state index contributed by atoms with van der Waals surface area (Å²) < 4.78 is 5.27. The lowest BCUT2D eigenvalue weighted by molar-refractivity contribution is -0.126. The van der Waals surface area contributed by atoms with Crippen molar-refractivity contribution < 1.29 is 14.6 Å². The van der Waals surface area contributed by atoms with Crippen molar-refractivity contribution in [2.75, 3.05) is 13.7 Å². The number of ether oxygens (including phenoxy) is 1. The molecule has 2 N–H and O–H groups in total. The Kier molecular flexibility index (Phi) is 5.85. The standard InChI is InChI=1S/C21H27NO3/c1-20(2,17-11-8-12-18(13-17)25-4)15-22-19(23)14-21(3,24)16-9-6-5-7-10-16/h5-13,24H,14-15H2,1-4H3,(H,22,23). The Morgan fingerprint density at radius 3 is 2.32 bits per heavy atom. The van der Waals surface area contributed by atoms with E-state index in [1.165, 1.54) is 0 Å². The zero-order valence-corrected chi connectivity index (χ0v) is 15.4. The maximum absolute atomic E-state index is 12.3. The summed E-state index contributed by atoms with van der Waals surface area (Å²) >= 11 is 0. The summed E-state index contributed by atoms with van der Waals surface area (Å²) in [5, 5.41) is 13.5. The molecule has 0 radical (unpaired) electrons. The molecule has 0 bridgehead atoms. The third kappa shape index (κ3) is 5.07. The van der Waals surface area contributed by atoms with E-state index in [2.05, 4.69) is 19.2 Å². The normalized spacial score (nSPS) is 13.8. The zero-order chi connectivity index (χ0) is 18.5. The number of hydrogen-bond acceptors (Lipinski definition) is 3. The quantitative estimate of drug-likeness (QED) is 0.811. The van der Waals surface area contributed by atoms with E-state index in [-0.39, 0.29) is 17.7 Å². The van der Waals surface area contributed by atoms with E-state index in [0.717, 1.165) is 16.9 Å². The number of benzene rings is 2. The Morgan fingerprint density at radius 1 is 1.04 bits per heavy atom. The lowest BCUT2D eigenvalue weighted by atomic mass is 9.84. The minimum Gasteiger partial charge on any atom is -0.497 e. The molecule has 1 unspecified atom stereocenters. The maximum atomic E-state index is 12.3. The van der Waals surface area contributed by atoms with Crippen LogP contribution in [0.4, 0.5) is 0 Å². The number of carbonyl (C=O) groups excluding carboxylic acids is 1. The van der Waals surface area contributed by atoms with Gasteiger partial charge in [0.25, 0.3) is 0 Å². The van der Waals surface area contributed by atoms with Crippen molar-refractivity contribution in [3.8, 4) is 5.75 Å². The van der Waals surface area contributed by atoms with Gasteiger partial charge in [0.05, 0.1) is 19.1 Å². The van der Waals surface area contributed by atoms with Gasteiger partial charge in [-0.1, -0.05) is 56.3 Å². The van der Waals surface area contributed by atoms with Crippen molar-refractivity contribution in [2.24, 2.45) is 0 Å². The Morgan fingerprint density at radius 2 is 1.68 bits per heavy atom. The van der Waals surface area contributed by atoms with Crippen LogP contribution in [0.25, 0.3) is 0 Å². The van der Waals surface area contributed by atoms with Gasteiger partial charge in [-0.25, -0.2) is 0 Å². The molecule has 25 heavy (non-hydrogen) atoms. The highest BCUT2D eigenvalue weighted by molar-refractivity contribution is 5.77. The van der Waals surface area contributed by atoms with Crippen LogP contribution in [-0.2, 0) is 15.8 Å². The van der Waals surface area contributed by atoms with Crippen LogP contribution in [0.15, 0.2) is 54.6 Å². The SMILES string of the molecule is COc1cccc(C(C)(C)CNC(=O)CC(C)(O)c2ccccc2)c1. The van der Waals surface area contributed by atoms with Gasteiger partial charge >= 0.3 is 0 Å². The van der Waals surface area contributed by atoms with Crippen LogP contribution in [0, 0.1) is 0 Å². The molecule has 2 aromatic rings. The van der Waals surface area contributed by atoms with E-state index in [4.69, 9.17) is 4.74 Å². The summed E-state index contributed by atoms with van der Waals surface area (Å²) in [5.41, 5.74) is 0.382. The summed E-state index contributed by atoms with van der Waals surface area (Å²) in [6.07, 6.45) is 0.0191. The highest BCUT2D eigenvalue weighted by Gasteiger charge is 2.28. The predicted molar refractivity (Wildman–Crippen MR) is 99.7 cm³/mol. The van der Waals surface area contributed by atoms with E-state index in [0.29, 0.717) is 6.54 Å². The lowest BCUT2D eigenvalue weighted by Gasteiger charge is -2.28. The van der Waals surface area contributed by atoms with Crippen LogP contribution in [0.2, 0.25) is 0 Å². The van der Waals surface area contributed by atoms with Crippen molar-refractivity contribution in [1.29, 1.82) is 0 Å². The number of nitrogens with one attached hydrogen (secondary N) is 1.